The number of benzene rings is 1. The largest absolute Gasteiger partial charge is 0.479 e. The molecule has 0 saturated heterocycles. The van der Waals surface area contributed by atoms with Gasteiger partial charge in [0.25, 0.3) is 0 Å². The zero-order valence-corrected chi connectivity index (χ0v) is 11.3. The van der Waals surface area contributed by atoms with Gasteiger partial charge in [0.2, 0.25) is 0 Å². The molecule has 0 fully saturated rings. The van der Waals surface area contributed by atoms with Crippen LogP contribution in [0, 0.1) is 3.57 Å². The first kappa shape index (κ1) is 17.0. The van der Waals surface area contributed by atoms with Gasteiger partial charge in [0, 0.05) is 9.13 Å². The minimum absolute atomic E-state index is 0.304. The second-order valence-corrected chi connectivity index (χ2v) is 4.71. The molecule has 10 heteroatoms. The van der Waals surface area contributed by atoms with Crippen molar-refractivity contribution in [1.29, 1.82) is 0 Å². The fourth-order valence-corrected chi connectivity index (χ4v) is 2.56. The van der Waals surface area contributed by atoms with Gasteiger partial charge < -0.3 is 10.2 Å². The van der Waals surface area contributed by atoms with Gasteiger partial charge in [0.15, 0.2) is 6.10 Å². The van der Waals surface area contributed by atoms with Gasteiger partial charge in [-0.05, 0) is 28.7 Å². The molecule has 2 N–H and O–H groups in total. The quantitative estimate of drug-likeness (QED) is 0.576. The van der Waals surface area contributed by atoms with E-state index in [9.17, 15) is 36.2 Å². The topological polar surface area (TPSA) is 57.5 Å². The van der Waals surface area contributed by atoms with Crippen LogP contribution < -0.4 is 0 Å². The molecule has 0 aliphatic rings. The molecule has 0 aliphatic carbocycles. The summed E-state index contributed by atoms with van der Waals surface area (Å²) in [5.41, 5.74) is -4.49. The third-order valence-electron chi connectivity index (χ3n) is 2.29. The summed E-state index contributed by atoms with van der Waals surface area (Å²) in [6, 6.07) is 0.616. The highest BCUT2D eigenvalue weighted by Crippen LogP contribution is 2.43. The smallest absolute Gasteiger partial charge is 0.417 e. The van der Waals surface area contributed by atoms with Gasteiger partial charge in [-0.1, -0.05) is 6.07 Å². The SMILES string of the molecule is O=C(O)C(O)c1ccc(C(F)(F)F)c(I)c1C(F)(F)F. The fourth-order valence-electron chi connectivity index (χ4n) is 1.46. The van der Waals surface area contributed by atoms with Gasteiger partial charge in [0.1, 0.15) is 0 Å². The summed E-state index contributed by atoms with van der Waals surface area (Å²) < 4.78 is 74.9. The standard InChI is InChI=1S/C10H5F6IO3/c11-9(12,13)4-2-1-3(7(18)8(19)20)5(6(4)17)10(14,15)16/h1-2,7,18H,(H,19,20). The lowest BCUT2D eigenvalue weighted by molar-refractivity contribution is -0.150. The Kier molecular flexibility index (Phi) is 4.58. The number of rotatable bonds is 2. The summed E-state index contributed by atoms with van der Waals surface area (Å²) >= 11 is 0.830. The number of hydrogen-bond acceptors (Lipinski definition) is 2. The predicted octanol–water partition coefficient (Wildman–Crippen LogP) is 3.45. The average Bonchev–Trinajstić information content (AvgIpc) is 2.23. The molecule has 1 aromatic rings. The van der Waals surface area contributed by atoms with Crippen molar-refractivity contribution in [3.05, 3.63) is 32.4 Å². The maximum absolute atomic E-state index is 12.8. The molecule has 1 rings (SSSR count). The Morgan fingerprint density at radius 1 is 1.10 bits per heavy atom. The number of halogens is 7. The molecule has 1 aromatic carbocycles. The molecule has 0 aliphatic heterocycles. The zero-order valence-electron chi connectivity index (χ0n) is 9.18. The zero-order chi connectivity index (χ0) is 15.9. The molecular formula is C10H5F6IO3. The minimum Gasteiger partial charge on any atom is -0.479 e. The number of carboxylic acid groups (broad SMARTS) is 1. The van der Waals surface area contributed by atoms with E-state index in [-0.39, 0.29) is 0 Å². The van der Waals surface area contributed by atoms with Crippen LogP contribution in [0.4, 0.5) is 26.3 Å². The lowest BCUT2D eigenvalue weighted by Gasteiger charge is -2.20. The van der Waals surface area contributed by atoms with Crippen LogP contribution in [0.15, 0.2) is 12.1 Å². The van der Waals surface area contributed by atoms with Crippen LogP contribution in [-0.2, 0) is 17.1 Å². The van der Waals surface area contributed by atoms with E-state index < -0.39 is 44.7 Å². The van der Waals surface area contributed by atoms with Crippen molar-refractivity contribution in [3.63, 3.8) is 0 Å². The highest BCUT2D eigenvalue weighted by molar-refractivity contribution is 14.1. The normalized spacial score (nSPS) is 14.2. The maximum Gasteiger partial charge on any atom is 0.417 e. The first-order chi connectivity index (χ1) is 8.87. The van der Waals surface area contributed by atoms with Gasteiger partial charge in [-0.3, -0.25) is 0 Å². The summed E-state index contributed by atoms with van der Waals surface area (Å²) in [5, 5.41) is 17.7. The van der Waals surface area contributed by atoms with Crippen molar-refractivity contribution in [1.82, 2.24) is 0 Å². The van der Waals surface area contributed by atoms with E-state index >= 15 is 0 Å². The van der Waals surface area contributed by atoms with E-state index in [4.69, 9.17) is 5.11 Å². The van der Waals surface area contributed by atoms with Crippen LogP contribution in [0.2, 0.25) is 0 Å². The minimum atomic E-state index is -5.23. The third kappa shape index (κ3) is 3.34. The van der Waals surface area contributed by atoms with Crippen molar-refractivity contribution >= 4 is 28.6 Å². The molecule has 0 heterocycles. The Bertz CT molecular complexity index is 537. The Balaban J connectivity index is 3.66. The number of hydrogen-bond donors (Lipinski definition) is 2. The predicted molar refractivity (Wildman–Crippen MR) is 61.8 cm³/mol. The summed E-state index contributed by atoms with van der Waals surface area (Å²) in [4.78, 5) is 10.5. The summed E-state index contributed by atoms with van der Waals surface area (Å²) in [6.45, 7) is 0. The molecule has 1 unspecified atom stereocenters. The van der Waals surface area contributed by atoms with Crippen LogP contribution in [-0.4, -0.2) is 16.2 Å². The average molecular weight is 414 g/mol. The van der Waals surface area contributed by atoms with Crippen molar-refractivity contribution in [2.75, 3.05) is 0 Å². The molecule has 0 radical (unpaired) electrons. The monoisotopic (exact) mass is 414 g/mol. The van der Waals surface area contributed by atoms with Gasteiger partial charge in [-0.15, -0.1) is 0 Å². The van der Waals surface area contributed by atoms with Gasteiger partial charge in [-0.2, -0.15) is 26.3 Å². The van der Waals surface area contributed by atoms with E-state index in [1.165, 1.54) is 0 Å². The van der Waals surface area contributed by atoms with Gasteiger partial charge in [0.05, 0.1) is 11.1 Å². The molecule has 0 amide bonds. The van der Waals surface area contributed by atoms with Crippen molar-refractivity contribution < 1.29 is 41.4 Å². The summed E-state index contributed by atoms with van der Waals surface area (Å²) in [7, 11) is 0. The Morgan fingerprint density at radius 2 is 1.60 bits per heavy atom. The fraction of sp³-hybridized carbons (Fsp3) is 0.300. The van der Waals surface area contributed by atoms with E-state index in [1.54, 1.807) is 0 Å². The van der Waals surface area contributed by atoms with Crippen LogP contribution in [0.3, 0.4) is 0 Å². The Morgan fingerprint density at radius 3 is 1.95 bits per heavy atom. The van der Waals surface area contributed by atoms with Crippen molar-refractivity contribution in [2.24, 2.45) is 0 Å². The molecule has 0 saturated carbocycles. The Labute approximate surface area is 121 Å². The molecule has 3 nitrogen and oxygen atoms in total. The van der Waals surface area contributed by atoms with E-state index in [1.807, 2.05) is 0 Å². The lowest BCUT2D eigenvalue weighted by Crippen LogP contribution is -2.21. The number of carboxylic acids is 1. The molecule has 0 aromatic heterocycles. The molecule has 0 spiro atoms. The number of alkyl halides is 6. The lowest BCUT2D eigenvalue weighted by atomic mass is 9.99. The summed E-state index contributed by atoms with van der Waals surface area (Å²) in [6.07, 6.45) is -12.8. The van der Waals surface area contributed by atoms with Crippen molar-refractivity contribution in [3.8, 4) is 0 Å². The first-order valence-electron chi connectivity index (χ1n) is 4.75. The Hall–Kier alpha value is -1.04. The third-order valence-corrected chi connectivity index (χ3v) is 3.41. The van der Waals surface area contributed by atoms with Crippen LogP contribution >= 0.6 is 22.6 Å². The molecular weight excluding hydrogens is 409 g/mol. The second kappa shape index (κ2) is 5.39. The maximum atomic E-state index is 12.8. The summed E-state index contributed by atoms with van der Waals surface area (Å²) in [5.74, 6) is -1.99. The van der Waals surface area contributed by atoms with Crippen LogP contribution in [0.1, 0.15) is 22.8 Å². The highest BCUT2D eigenvalue weighted by Gasteiger charge is 2.43. The molecule has 0 bridgehead atoms. The van der Waals surface area contributed by atoms with E-state index in [0.717, 1.165) is 22.6 Å². The number of aliphatic hydroxyl groups is 1. The molecule has 1 atom stereocenters. The van der Waals surface area contributed by atoms with Gasteiger partial charge in [-0.25, -0.2) is 4.79 Å². The van der Waals surface area contributed by atoms with E-state index in [2.05, 4.69) is 0 Å². The molecule has 20 heavy (non-hydrogen) atoms. The van der Waals surface area contributed by atoms with Crippen LogP contribution in [0.25, 0.3) is 0 Å². The highest BCUT2D eigenvalue weighted by atomic mass is 127. The van der Waals surface area contributed by atoms with Crippen LogP contribution in [0.5, 0.6) is 0 Å². The first-order valence-corrected chi connectivity index (χ1v) is 5.83. The second-order valence-electron chi connectivity index (χ2n) is 3.63. The number of carbonyl (C=O) groups is 1. The molecule has 112 valence electrons. The number of aliphatic hydroxyl groups excluding tert-OH is 1. The van der Waals surface area contributed by atoms with E-state index in [0.29, 0.717) is 12.1 Å². The number of aliphatic carboxylic acids is 1. The van der Waals surface area contributed by atoms with Gasteiger partial charge >= 0.3 is 18.3 Å². The van der Waals surface area contributed by atoms with Crippen molar-refractivity contribution in [2.45, 2.75) is 18.5 Å².